The lowest BCUT2D eigenvalue weighted by Crippen LogP contribution is -2.31. The number of hydrogen-bond donors (Lipinski definition) is 1. The van der Waals surface area contributed by atoms with Crippen LogP contribution in [0.3, 0.4) is 0 Å². The first kappa shape index (κ1) is 14.6. The van der Waals surface area contributed by atoms with Gasteiger partial charge in [0.15, 0.2) is 0 Å². The lowest BCUT2D eigenvalue weighted by atomic mass is 10.2. The minimum absolute atomic E-state index is 0.648. The van der Waals surface area contributed by atoms with Crippen molar-refractivity contribution in [1.82, 2.24) is 10.3 Å². The molecule has 0 aliphatic heterocycles. The van der Waals surface area contributed by atoms with Crippen LogP contribution in [-0.2, 0) is 6.54 Å². The van der Waals surface area contributed by atoms with Crippen LogP contribution >= 0.6 is 11.6 Å². The third-order valence-corrected chi connectivity index (χ3v) is 3.63. The van der Waals surface area contributed by atoms with E-state index in [2.05, 4.69) is 37.1 Å². The number of pyridine rings is 1. The molecule has 1 N–H and O–H groups in total. The third kappa shape index (κ3) is 4.08. The predicted molar refractivity (Wildman–Crippen MR) is 81.8 cm³/mol. The molecule has 2 rings (SSSR count). The summed E-state index contributed by atoms with van der Waals surface area (Å²) in [7, 11) is 0. The fourth-order valence-corrected chi connectivity index (χ4v) is 2.38. The lowest BCUT2D eigenvalue weighted by molar-refractivity contribution is 0.601. The molecule has 0 amide bonds. The van der Waals surface area contributed by atoms with Crippen molar-refractivity contribution in [3.63, 3.8) is 0 Å². The van der Waals surface area contributed by atoms with Gasteiger partial charge in [0.25, 0.3) is 0 Å². The Bertz CT molecular complexity index is 416. The minimum atomic E-state index is 0.648. The molecule has 0 saturated heterocycles. The molecule has 1 fully saturated rings. The molecular weight excluding hydrogens is 258 g/mol. The molecule has 106 valence electrons. The van der Waals surface area contributed by atoms with Crippen molar-refractivity contribution in [2.45, 2.75) is 46.2 Å². The molecule has 4 heteroatoms. The topological polar surface area (TPSA) is 28.2 Å². The van der Waals surface area contributed by atoms with Crippen LogP contribution in [0.1, 0.15) is 39.3 Å². The summed E-state index contributed by atoms with van der Waals surface area (Å²) in [4.78, 5) is 7.20. The van der Waals surface area contributed by atoms with Gasteiger partial charge >= 0.3 is 0 Å². The second-order valence-corrected chi connectivity index (χ2v) is 6.06. The smallest absolute Gasteiger partial charge is 0.129 e. The number of nitrogens with one attached hydrogen (secondary N) is 1. The largest absolute Gasteiger partial charge is 0.353 e. The molecule has 0 atom stereocenters. The van der Waals surface area contributed by atoms with Gasteiger partial charge in [-0.1, -0.05) is 32.4 Å². The first-order valence-corrected chi connectivity index (χ1v) is 7.62. The van der Waals surface area contributed by atoms with Gasteiger partial charge in [-0.25, -0.2) is 4.98 Å². The van der Waals surface area contributed by atoms with E-state index in [0.29, 0.717) is 12.0 Å². The molecule has 0 spiro atoms. The predicted octanol–water partition coefficient (Wildman–Crippen LogP) is 3.47. The summed E-state index contributed by atoms with van der Waals surface area (Å²) in [5, 5.41) is 4.05. The summed E-state index contributed by atoms with van der Waals surface area (Å²) in [5.41, 5.74) is 0.954. The Balaban J connectivity index is 2.17. The zero-order valence-electron chi connectivity index (χ0n) is 12.1. The first-order valence-electron chi connectivity index (χ1n) is 7.24. The lowest BCUT2D eigenvalue weighted by Gasteiger charge is -2.26. The number of hydrogen-bond acceptors (Lipinski definition) is 3. The molecule has 1 aromatic rings. The van der Waals surface area contributed by atoms with Crippen molar-refractivity contribution in [3.05, 3.63) is 22.8 Å². The van der Waals surface area contributed by atoms with Gasteiger partial charge in [-0.05, 0) is 37.4 Å². The van der Waals surface area contributed by atoms with E-state index in [1.807, 2.05) is 6.07 Å². The van der Waals surface area contributed by atoms with E-state index in [0.717, 1.165) is 36.2 Å². The van der Waals surface area contributed by atoms with Gasteiger partial charge in [-0.3, -0.25) is 0 Å². The van der Waals surface area contributed by atoms with Crippen molar-refractivity contribution in [2.75, 3.05) is 18.0 Å². The second-order valence-electron chi connectivity index (χ2n) is 5.66. The van der Waals surface area contributed by atoms with E-state index < -0.39 is 0 Å². The van der Waals surface area contributed by atoms with E-state index in [9.17, 15) is 0 Å². The van der Waals surface area contributed by atoms with Gasteiger partial charge < -0.3 is 10.2 Å². The zero-order valence-corrected chi connectivity index (χ0v) is 12.9. The molecule has 3 nitrogen and oxygen atoms in total. The van der Waals surface area contributed by atoms with E-state index in [-0.39, 0.29) is 0 Å². The Morgan fingerprint density at radius 1 is 1.42 bits per heavy atom. The van der Waals surface area contributed by atoms with Crippen LogP contribution in [-0.4, -0.2) is 24.1 Å². The zero-order chi connectivity index (χ0) is 13.8. The van der Waals surface area contributed by atoms with Crippen molar-refractivity contribution >= 4 is 17.4 Å². The van der Waals surface area contributed by atoms with Gasteiger partial charge in [-0.15, -0.1) is 0 Å². The van der Waals surface area contributed by atoms with E-state index in [4.69, 9.17) is 16.6 Å². The van der Waals surface area contributed by atoms with Crippen molar-refractivity contribution in [3.8, 4) is 0 Å². The summed E-state index contributed by atoms with van der Waals surface area (Å²) < 4.78 is 0. The van der Waals surface area contributed by atoms with Crippen LogP contribution in [0.4, 0.5) is 5.82 Å². The average molecular weight is 282 g/mol. The van der Waals surface area contributed by atoms with E-state index in [1.165, 1.54) is 12.8 Å². The van der Waals surface area contributed by atoms with Crippen LogP contribution in [0.2, 0.25) is 5.02 Å². The van der Waals surface area contributed by atoms with E-state index >= 15 is 0 Å². The fraction of sp³-hybridized carbons (Fsp3) is 0.667. The maximum atomic E-state index is 6.22. The summed E-state index contributed by atoms with van der Waals surface area (Å²) in [6.07, 6.45) is 2.58. The molecular formula is C15H24ClN3. The van der Waals surface area contributed by atoms with Crippen LogP contribution in [0.25, 0.3) is 0 Å². The van der Waals surface area contributed by atoms with Crippen LogP contribution < -0.4 is 10.2 Å². The molecule has 1 heterocycles. The van der Waals surface area contributed by atoms with Gasteiger partial charge in [0.2, 0.25) is 0 Å². The highest BCUT2D eigenvalue weighted by Crippen LogP contribution is 2.32. The Kier molecular flexibility index (Phi) is 5.06. The standard InChI is InChI=1S/C15H24ClN3/c1-4-17-9-14-13(16)7-8-15(18-14)19(10-11(2)3)12-5-6-12/h7-8,11-12,17H,4-6,9-10H2,1-3H3. The normalized spacial score (nSPS) is 15.0. The maximum Gasteiger partial charge on any atom is 0.129 e. The number of rotatable bonds is 7. The molecule has 0 radical (unpaired) electrons. The molecule has 1 aromatic heterocycles. The van der Waals surface area contributed by atoms with Crippen molar-refractivity contribution in [2.24, 2.45) is 5.92 Å². The van der Waals surface area contributed by atoms with E-state index in [1.54, 1.807) is 0 Å². The molecule has 1 aliphatic rings. The maximum absolute atomic E-state index is 6.22. The molecule has 1 aliphatic carbocycles. The summed E-state index contributed by atoms with van der Waals surface area (Å²) >= 11 is 6.22. The number of halogens is 1. The highest BCUT2D eigenvalue weighted by Gasteiger charge is 2.30. The molecule has 0 bridgehead atoms. The van der Waals surface area contributed by atoms with Crippen LogP contribution in [0, 0.1) is 5.92 Å². The summed E-state index contributed by atoms with van der Waals surface area (Å²) in [6, 6.07) is 4.72. The van der Waals surface area contributed by atoms with Crippen LogP contribution in [0.5, 0.6) is 0 Å². The minimum Gasteiger partial charge on any atom is -0.353 e. The summed E-state index contributed by atoms with van der Waals surface area (Å²) in [6.45, 7) is 9.34. The first-order chi connectivity index (χ1) is 9.11. The highest BCUT2D eigenvalue weighted by atomic mass is 35.5. The number of aromatic nitrogens is 1. The van der Waals surface area contributed by atoms with Gasteiger partial charge in [0, 0.05) is 19.1 Å². The van der Waals surface area contributed by atoms with Crippen molar-refractivity contribution in [1.29, 1.82) is 0 Å². The molecule has 1 saturated carbocycles. The molecule has 0 unspecified atom stereocenters. The van der Waals surface area contributed by atoms with Gasteiger partial charge in [-0.2, -0.15) is 0 Å². The Hall–Kier alpha value is -0.800. The second kappa shape index (κ2) is 6.58. The Morgan fingerprint density at radius 3 is 2.74 bits per heavy atom. The molecule has 0 aromatic carbocycles. The quantitative estimate of drug-likeness (QED) is 0.829. The summed E-state index contributed by atoms with van der Waals surface area (Å²) in [5.74, 6) is 1.73. The third-order valence-electron chi connectivity index (χ3n) is 3.29. The monoisotopic (exact) mass is 281 g/mol. The number of anilines is 1. The van der Waals surface area contributed by atoms with Crippen molar-refractivity contribution < 1.29 is 0 Å². The average Bonchev–Trinajstić information content (AvgIpc) is 3.19. The van der Waals surface area contributed by atoms with Gasteiger partial charge in [0.1, 0.15) is 5.82 Å². The molecule has 19 heavy (non-hydrogen) atoms. The fourth-order valence-electron chi connectivity index (χ4n) is 2.21. The Labute approximate surface area is 121 Å². The number of nitrogens with zero attached hydrogens (tertiary/aromatic N) is 2. The van der Waals surface area contributed by atoms with Crippen LogP contribution in [0.15, 0.2) is 12.1 Å². The Morgan fingerprint density at radius 2 is 2.16 bits per heavy atom. The van der Waals surface area contributed by atoms with Gasteiger partial charge in [0.05, 0.1) is 10.7 Å². The highest BCUT2D eigenvalue weighted by molar-refractivity contribution is 6.31. The SMILES string of the molecule is CCNCc1nc(N(CC(C)C)C2CC2)ccc1Cl.